The summed E-state index contributed by atoms with van der Waals surface area (Å²) in [7, 11) is 0. The average molecular weight is 245 g/mol. The number of hydrogen-bond donors (Lipinski definition) is 1. The topological polar surface area (TPSA) is 51.5 Å². The second kappa shape index (κ2) is 5.40. The second-order valence-corrected chi connectivity index (χ2v) is 3.90. The number of carbonyl (C=O) groups excluding carboxylic acids is 1. The number of aryl methyl sites for hydroxylation is 1. The quantitative estimate of drug-likeness (QED) is 0.899. The monoisotopic (exact) mass is 245 g/mol. The molecule has 0 bridgehead atoms. The van der Waals surface area contributed by atoms with Gasteiger partial charge in [0.05, 0.1) is 12.9 Å². The third-order valence-electron chi connectivity index (χ3n) is 2.38. The first kappa shape index (κ1) is 12.2. The fourth-order valence-electron chi connectivity index (χ4n) is 1.54. The predicted octanol–water partition coefficient (Wildman–Crippen LogP) is 3.24. The first-order valence-corrected chi connectivity index (χ1v) is 5.78. The van der Waals surface area contributed by atoms with Gasteiger partial charge in [0.1, 0.15) is 5.75 Å². The van der Waals surface area contributed by atoms with Gasteiger partial charge in [0.15, 0.2) is 5.76 Å². The molecule has 4 heteroatoms. The lowest BCUT2D eigenvalue weighted by Gasteiger charge is -2.05. The van der Waals surface area contributed by atoms with E-state index >= 15 is 0 Å². The lowest BCUT2D eigenvalue weighted by molar-refractivity contribution is 0.0996. The number of amides is 1. The highest BCUT2D eigenvalue weighted by Gasteiger charge is 2.09. The van der Waals surface area contributed by atoms with Crippen LogP contribution in [0.5, 0.6) is 5.75 Å². The van der Waals surface area contributed by atoms with Gasteiger partial charge >= 0.3 is 0 Å². The van der Waals surface area contributed by atoms with Crippen molar-refractivity contribution in [1.29, 1.82) is 0 Å². The Morgan fingerprint density at radius 3 is 2.61 bits per heavy atom. The van der Waals surface area contributed by atoms with E-state index in [1.807, 2.05) is 26.0 Å². The van der Waals surface area contributed by atoms with Gasteiger partial charge in [-0.05, 0) is 49.7 Å². The largest absolute Gasteiger partial charge is 0.494 e. The first-order chi connectivity index (χ1) is 8.69. The molecule has 0 saturated heterocycles. The Morgan fingerprint density at radius 1 is 1.33 bits per heavy atom. The summed E-state index contributed by atoms with van der Waals surface area (Å²) in [6.45, 7) is 4.42. The molecule has 0 radical (unpaired) electrons. The van der Waals surface area contributed by atoms with Crippen molar-refractivity contribution in [1.82, 2.24) is 0 Å². The van der Waals surface area contributed by atoms with Crippen LogP contribution in [-0.4, -0.2) is 12.5 Å². The van der Waals surface area contributed by atoms with Crippen molar-refractivity contribution in [3.63, 3.8) is 0 Å². The molecule has 0 saturated carbocycles. The van der Waals surface area contributed by atoms with E-state index < -0.39 is 0 Å². The molecular formula is C14H15NO3. The summed E-state index contributed by atoms with van der Waals surface area (Å²) in [5.41, 5.74) is 1.63. The molecule has 0 atom stereocenters. The molecule has 1 aromatic heterocycles. The number of hydrogen-bond acceptors (Lipinski definition) is 3. The number of ether oxygens (including phenoxy) is 1. The number of benzene rings is 1. The van der Waals surface area contributed by atoms with Crippen molar-refractivity contribution < 1.29 is 13.9 Å². The summed E-state index contributed by atoms with van der Waals surface area (Å²) < 4.78 is 10.4. The van der Waals surface area contributed by atoms with Crippen LogP contribution in [0, 0.1) is 6.92 Å². The van der Waals surface area contributed by atoms with Crippen LogP contribution in [0.15, 0.2) is 41.0 Å². The number of nitrogens with one attached hydrogen (secondary N) is 1. The summed E-state index contributed by atoms with van der Waals surface area (Å²) in [6.07, 6.45) is 1.55. The Bertz CT molecular complexity index is 528. The van der Waals surface area contributed by atoms with Crippen molar-refractivity contribution in [3.8, 4) is 5.75 Å². The van der Waals surface area contributed by atoms with Crippen molar-refractivity contribution in [2.75, 3.05) is 11.9 Å². The summed E-state index contributed by atoms with van der Waals surface area (Å²) in [4.78, 5) is 11.8. The maximum Gasteiger partial charge on any atom is 0.291 e. The van der Waals surface area contributed by atoms with Crippen molar-refractivity contribution in [2.24, 2.45) is 0 Å². The van der Waals surface area contributed by atoms with Gasteiger partial charge in [-0.15, -0.1) is 0 Å². The van der Waals surface area contributed by atoms with Crippen LogP contribution in [0.4, 0.5) is 5.69 Å². The Balaban J connectivity index is 2.03. The molecule has 0 spiro atoms. The zero-order valence-corrected chi connectivity index (χ0v) is 10.4. The minimum absolute atomic E-state index is 0.257. The molecular weight excluding hydrogens is 230 g/mol. The predicted molar refractivity (Wildman–Crippen MR) is 69.0 cm³/mol. The molecule has 2 aromatic rings. The molecule has 0 fully saturated rings. The van der Waals surface area contributed by atoms with Crippen molar-refractivity contribution in [3.05, 3.63) is 47.9 Å². The van der Waals surface area contributed by atoms with Crippen LogP contribution in [0.1, 0.15) is 23.0 Å². The van der Waals surface area contributed by atoms with E-state index in [9.17, 15) is 4.79 Å². The van der Waals surface area contributed by atoms with E-state index in [2.05, 4.69) is 5.32 Å². The number of rotatable bonds is 4. The molecule has 1 aromatic carbocycles. The second-order valence-electron chi connectivity index (χ2n) is 3.90. The fourth-order valence-corrected chi connectivity index (χ4v) is 1.54. The molecule has 2 rings (SSSR count). The lowest BCUT2D eigenvalue weighted by atomic mass is 10.3. The van der Waals surface area contributed by atoms with Crippen molar-refractivity contribution >= 4 is 11.6 Å². The Labute approximate surface area is 106 Å². The molecule has 0 aliphatic carbocycles. The van der Waals surface area contributed by atoms with E-state index in [1.165, 1.54) is 0 Å². The molecule has 0 aliphatic heterocycles. The summed E-state index contributed by atoms with van der Waals surface area (Å²) in [6, 6.07) is 8.90. The summed E-state index contributed by atoms with van der Waals surface area (Å²) in [5.74, 6) is 0.831. The maximum absolute atomic E-state index is 11.8. The third-order valence-corrected chi connectivity index (χ3v) is 2.38. The number of anilines is 1. The Hall–Kier alpha value is -2.23. The Kier molecular flexibility index (Phi) is 3.67. The SMILES string of the molecule is CCOc1ccc(NC(=O)c2cc(C)co2)cc1. The summed E-state index contributed by atoms with van der Waals surface area (Å²) in [5, 5.41) is 2.75. The van der Waals surface area contributed by atoms with Crippen LogP contribution < -0.4 is 10.1 Å². The Morgan fingerprint density at radius 2 is 2.06 bits per heavy atom. The van der Waals surface area contributed by atoms with Crippen LogP contribution in [0.2, 0.25) is 0 Å². The van der Waals surface area contributed by atoms with E-state index in [-0.39, 0.29) is 5.91 Å². The van der Waals surface area contributed by atoms with Gasteiger partial charge in [0.25, 0.3) is 5.91 Å². The number of furan rings is 1. The van der Waals surface area contributed by atoms with Gasteiger partial charge in [-0.1, -0.05) is 0 Å². The highest BCUT2D eigenvalue weighted by Crippen LogP contribution is 2.17. The molecule has 1 amide bonds. The fraction of sp³-hybridized carbons (Fsp3) is 0.214. The minimum atomic E-state index is -0.257. The smallest absolute Gasteiger partial charge is 0.291 e. The normalized spacial score (nSPS) is 10.1. The van der Waals surface area contributed by atoms with Gasteiger partial charge in [0.2, 0.25) is 0 Å². The number of carbonyl (C=O) groups is 1. The van der Waals surface area contributed by atoms with Gasteiger partial charge in [-0.2, -0.15) is 0 Å². The summed E-state index contributed by atoms with van der Waals surface area (Å²) >= 11 is 0. The van der Waals surface area contributed by atoms with E-state index in [4.69, 9.17) is 9.15 Å². The third kappa shape index (κ3) is 2.91. The molecule has 4 nitrogen and oxygen atoms in total. The van der Waals surface area contributed by atoms with Crippen molar-refractivity contribution in [2.45, 2.75) is 13.8 Å². The highest BCUT2D eigenvalue weighted by atomic mass is 16.5. The maximum atomic E-state index is 11.8. The van der Waals surface area contributed by atoms with Crippen LogP contribution in [0.3, 0.4) is 0 Å². The van der Waals surface area contributed by atoms with Gasteiger partial charge in [-0.3, -0.25) is 4.79 Å². The standard InChI is InChI=1S/C14H15NO3/c1-3-17-12-6-4-11(5-7-12)15-14(16)13-8-10(2)9-18-13/h4-9H,3H2,1-2H3,(H,15,16). The highest BCUT2D eigenvalue weighted by molar-refractivity contribution is 6.02. The molecule has 0 aliphatic rings. The van der Waals surface area contributed by atoms with E-state index in [0.29, 0.717) is 18.1 Å². The zero-order chi connectivity index (χ0) is 13.0. The lowest BCUT2D eigenvalue weighted by Crippen LogP contribution is -2.10. The molecule has 1 heterocycles. The van der Waals surface area contributed by atoms with Gasteiger partial charge in [-0.25, -0.2) is 0 Å². The zero-order valence-electron chi connectivity index (χ0n) is 10.4. The van der Waals surface area contributed by atoms with E-state index in [1.54, 1.807) is 24.5 Å². The minimum Gasteiger partial charge on any atom is -0.494 e. The van der Waals surface area contributed by atoms with Gasteiger partial charge < -0.3 is 14.5 Å². The van der Waals surface area contributed by atoms with Crippen LogP contribution in [0.25, 0.3) is 0 Å². The average Bonchev–Trinajstić information content (AvgIpc) is 2.79. The van der Waals surface area contributed by atoms with E-state index in [0.717, 1.165) is 11.3 Å². The molecule has 1 N–H and O–H groups in total. The van der Waals surface area contributed by atoms with Crippen LogP contribution in [-0.2, 0) is 0 Å². The first-order valence-electron chi connectivity index (χ1n) is 5.78. The molecule has 0 unspecified atom stereocenters. The molecule has 18 heavy (non-hydrogen) atoms. The van der Waals surface area contributed by atoms with Crippen LogP contribution >= 0.6 is 0 Å². The van der Waals surface area contributed by atoms with Gasteiger partial charge in [0, 0.05) is 5.69 Å². The molecule has 94 valence electrons.